The molecule has 2 heterocycles. The summed E-state index contributed by atoms with van der Waals surface area (Å²) in [6.07, 6.45) is -6.94. The van der Waals surface area contributed by atoms with Gasteiger partial charge in [0.15, 0.2) is 0 Å². The molecule has 1 N–H and O–H groups in total. The molecule has 1 aromatic carbocycles. The summed E-state index contributed by atoms with van der Waals surface area (Å²) in [7, 11) is 0. The minimum absolute atomic E-state index is 0.0488. The highest BCUT2D eigenvalue weighted by Gasteiger charge is 2.34. The van der Waals surface area contributed by atoms with Crippen LogP contribution in [0.2, 0.25) is 0 Å². The fraction of sp³-hybridized carbons (Fsp3) is 0.429. The number of alkyl halides is 6. The number of hydrogen-bond donors (Lipinski definition) is 1. The van der Waals surface area contributed by atoms with E-state index in [-0.39, 0.29) is 24.9 Å². The summed E-state index contributed by atoms with van der Waals surface area (Å²) in [5.74, 6) is -1.09. The Morgan fingerprint density at radius 1 is 1.03 bits per heavy atom. The molecule has 168 valence electrons. The number of likely N-dealkylation sites (tertiary alicyclic amines) is 1. The zero-order valence-electron chi connectivity index (χ0n) is 16.2. The molecule has 0 spiro atoms. The van der Waals surface area contributed by atoms with Crippen molar-refractivity contribution >= 4 is 5.97 Å². The summed E-state index contributed by atoms with van der Waals surface area (Å²) >= 11 is 0. The van der Waals surface area contributed by atoms with Crippen molar-refractivity contribution in [2.45, 2.75) is 44.2 Å². The molecule has 0 aliphatic carbocycles. The number of carbonyl (C=O) groups is 1. The predicted octanol–water partition coefficient (Wildman–Crippen LogP) is 5.55. The van der Waals surface area contributed by atoms with E-state index >= 15 is 0 Å². The zero-order chi connectivity index (χ0) is 22.8. The Balaban J connectivity index is 1.82. The summed E-state index contributed by atoms with van der Waals surface area (Å²) in [5, 5.41) is 9.10. The van der Waals surface area contributed by atoms with Crippen LogP contribution in [-0.4, -0.2) is 27.5 Å². The van der Waals surface area contributed by atoms with Crippen molar-refractivity contribution in [1.82, 2.24) is 9.88 Å². The largest absolute Gasteiger partial charge is 0.481 e. The SMILES string of the molecule is O=C(O)C[C@@H]1CCN(Cc2ccc(C(F)(F)F)nc2)[C@H](c2ccc(C(F)(F)F)cc2)C1. The van der Waals surface area contributed by atoms with Gasteiger partial charge in [0, 0.05) is 25.2 Å². The Kier molecular flexibility index (Phi) is 6.59. The summed E-state index contributed by atoms with van der Waals surface area (Å²) in [4.78, 5) is 16.5. The van der Waals surface area contributed by atoms with Crippen molar-refractivity contribution in [3.8, 4) is 0 Å². The quantitative estimate of drug-likeness (QED) is 0.613. The van der Waals surface area contributed by atoms with E-state index in [2.05, 4.69) is 4.98 Å². The molecule has 2 atom stereocenters. The highest BCUT2D eigenvalue weighted by atomic mass is 19.4. The Labute approximate surface area is 174 Å². The summed E-state index contributed by atoms with van der Waals surface area (Å²) in [6, 6.07) is 6.55. The summed E-state index contributed by atoms with van der Waals surface area (Å²) in [5.41, 5.74) is -0.659. The number of pyridine rings is 1. The molecule has 1 aliphatic heterocycles. The molecule has 0 saturated carbocycles. The summed E-state index contributed by atoms with van der Waals surface area (Å²) < 4.78 is 76.8. The van der Waals surface area contributed by atoms with Crippen molar-refractivity contribution in [3.63, 3.8) is 0 Å². The number of carboxylic acids is 1. The minimum atomic E-state index is -4.55. The van der Waals surface area contributed by atoms with E-state index in [0.717, 1.165) is 24.4 Å². The number of hydrogen-bond acceptors (Lipinski definition) is 3. The molecule has 3 rings (SSSR count). The van der Waals surface area contributed by atoms with Gasteiger partial charge in [0.2, 0.25) is 0 Å². The molecular weight excluding hydrogens is 426 g/mol. The van der Waals surface area contributed by atoms with Gasteiger partial charge in [0.1, 0.15) is 5.69 Å². The third-order valence-electron chi connectivity index (χ3n) is 5.41. The molecular formula is C21H20F6N2O2. The van der Waals surface area contributed by atoms with E-state index in [4.69, 9.17) is 5.11 Å². The van der Waals surface area contributed by atoms with Crippen molar-refractivity contribution in [2.75, 3.05) is 6.54 Å². The fourth-order valence-corrected chi connectivity index (χ4v) is 3.87. The number of carboxylic acid groups (broad SMARTS) is 1. The van der Waals surface area contributed by atoms with E-state index in [1.165, 1.54) is 18.2 Å². The molecule has 1 saturated heterocycles. The smallest absolute Gasteiger partial charge is 0.433 e. The number of benzene rings is 1. The van der Waals surface area contributed by atoms with Gasteiger partial charge in [-0.1, -0.05) is 18.2 Å². The van der Waals surface area contributed by atoms with Crippen LogP contribution in [0.25, 0.3) is 0 Å². The third-order valence-corrected chi connectivity index (χ3v) is 5.41. The Hall–Kier alpha value is -2.62. The van der Waals surface area contributed by atoms with Gasteiger partial charge in [-0.2, -0.15) is 26.3 Å². The van der Waals surface area contributed by atoms with Crippen LogP contribution >= 0.6 is 0 Å². The molecule has 0 radical (unpaired) electrons. The van der Waals surface area contributed by atoms with E-state index in [9.17, 15) is 31.1 Å². The Bertz CT molecular complexity index is 894. The van der Waals surface area contributed by atoms with E-state index in [1.807, 2.05) is 4.90 Å². The Morgan fingerprint density at radius 2 is 1.71 bits per heavy atom. The first-order valence-corrected chi connectivity index (χ1v) is 9.58. The number of rotatable bonds is 5. The first kappa shape index (κ1) is 23.1. The molecule has 0 bridgehead atoms. The molecule has 2 aromatic rings. The summed E-state index contributed by atoms with van der Waals surface area (Å²) in [6.45, 7) is 0.710. The van der Waals surface area contributed by atoms with Crippen LogP contribution in [-0.2, 0) is 23.7 Å². The molecule has 31 heavy (non-hydrogen) atoms. The minimum Gasteiger partial charge on any atom is -0.481 e. The lowest BCUT2D eigenvalue weighted by Gasteiger charge is -2.39. The highest BCUT2D eigenvalue weighted by molar-refractivity contribution is 5.67. The number of piperidine rings is 1. The van der Waals surface area contributed by atoms with Crippen molar-refractivity contribution in [2.24, 2.45) is 5.92 Å². The molecule has 0 amide bonds. The molecule has 1 fully saturated rings. The maximum Gasteiger partial charge on any atom is 0.433 e. The van der Waals surface area contributed by atoms with E-state index < -0.39 is 29.6 Å². The predicted molar refractivity (Wildman–Crippen MR) is 98.8 cm³/mol. The van der Waals surface area contributed by atoms with Gasteiger partial charge in [-0.05, 0) is 54.6 Å². The normalized spacial score (nSPS) is 20.6. The highest BCUT2D eigenvalue weighted by Crippen LogP contribution is 2.38. The maximum absolute atomic E-state index is 12.9. The van der Waals surface area contributed by atoms with Gasteiger partial charge in [-0.15, -0.1) is 0 Å². The first-order chi connectivity index (χ1) is 14.4. The van der Waals surface area contributed by atoms with Crippen LogP contribution in [0, 0.1) is 5.92 Å². The second-order valence-corrected chi connectivity index (χ2v) is 7.64. The van der Waals surface area contributed by atoms with Crippen LogP contribution < -0.4 is 0 Å². The molecule has 1 aliphatic rings. The van der Waals surface area contributed by atoms with Crippen molar-refractivity contribution < 1.29 is 36.2 Å². The lowest BCUT2D eigenvalue weighted by Crippen LogP contribution is -2.37. The zero-order valence-corrected chi connectivity index (χ0v) is 16.2. The van der Waals surface area contributed by atoms with Gasteiger partial charge < -0.3 is 5.11 Å². The van der Waals surface area contributed by atoms with Crippen LogP contribution in [0.15, 0.2) is 42.6 Å². The maximum atomic E-state index is 12.9. The third kappa shape index (κ3) is 5.96. The van der Waals surface area contributed by atoms with Crippen LogP contribution in [0.1, 0.15) is 47.7 Å². The fourth-order valence-electron chi connectivity index (χ4n) is 3.87. The molecule has 1 aromatic heterocycles. The number of aromatic nitrogens is 1. The standard InChI is InChI=1S/C21H20F6N2O2/c22-20(23,24)16-4-2-15(3-5-16)17-9-13(10-19(30)31)7-8-29(17)12-14-1-6-18(28-11-14)21(25,26)27/h1-6,11,13,17H,7-10,12H2,(H,30,31)/t13-,17+/m1/s1. The van der Waals surface area contributed by atoms with Crippen LogP contribution in [0.5, 0.6) is 0 Å². The lowest BCUT2D eigenvalue weighted by atomic mass is 9.84. The second kappa shape index (κ2) is 8.86. The van der Waals surface area contributed by atoms with Crippen molar-refractivity contribution in [1.29, 1.82) is 0 Å². The van der Waals surface area contributed by atoms with Crippen LogP contribution in [0.4, 0.5) is 26.3 Å². The number of halogens is 6. The molecule has 10 heteroatoms. The van der Waals surface area contributed by atoms with E-state index in [1.54, 1.807) is 0 Å². The van der Waals surface area contributed by atoms with Gasteiger partial charge in [0.25, 0.3) is 0 Å². The molecule has 0 unspecified atom stereocenters. The van der Waals surface area contributed by atoms with Gasteiger partial charge in [0.05, 0.1) is 5.56 Å². The van der Waals surface area contributed by atoms with E-state index in [0.29, 0.717) is 30.5 Å². The number of nitrogens with zero attached hydrogens (tertiary/aromatic N) is 2. The lowest BCUT2D eigenvalue weighted by molar-refractivity contribution is -0.141. The topological polar surface area (TPSA) is 53.4 Å². The van der Waals surface area contributed by atoms with Gasteiger partial charge in [-0.3, -0.25) is 14.7 Å². The second-order valence-electron chi connectivity index (χ2n) is 7.64. The first-order valence-electron chi connectivity index (χ1n) is 9.58. The van der Waals surface area contributed by atoms with Gasteiger partial charge >= 0.3 is 18.3 Å². The van der Waals surface area contributed by atoms with Crippen LogP contribution in [0.3, 0.4) is 0 Å². The Morgan fingerprint density at radius 3 is 2.23 bits per heavy atom. The van der Waals surface area contributed by atoms with Crippen molar-refractivity contribution in [3.05, 3.63) is 65.0 Å². The average Bonchev–Trinajstić information content (AvgIpc) is 2.68. The average molecular weight is 446 g/mol. The monoisotopic (exact) mass is 446 g/mol. The number of aliphatic carboxylic acids is 1. The molecule has 4 nitrogen and oxygen atoms in total. The van der Waals surface area contributed by atoms with Gasteiger partial charge in [-0.25, -0.2) is 0 Å².